The van der Waals surface area contributed by atoms with Crippen molar-refractivity contribution in [2.75, 3.05) is 7.11 Å². The van der Waals surface area contributed by atoms with Gasteiger partial charge in [-0.15, -0.1) is 0 Å². The highest BCUT2D eigenvalue weighted by Gasteiger charge is 2.34. The van der Waals surface area contributed by atoms with Crippen LogP contribution in [0.1, 0.15) is 12.0 Å². The minimum Gasteiger partial charge on any atom is -0.493 e. The van der Waals surface area contributed by atoms with Crippen molar-refractivity contribution in [2.24, 2.45) is 5.10 Å². The second-order valence-electron chi connectivity index (χ2n) is 7.54. The quantitative estimate of drug-likeness (QED) is 0.179. The van der Waals surface area contributed by atoms with E-state index in [9.17, 15) is 24.0 Å². The van der Waals surface area contributed by atoms with E-state index in [1.165, 1.54) is 36.4 Å². The van der Waals surface area contributed by atoms with Crippen LogP contribution in [0.2, 0.25) is 0 Å². The van der Waals surface area contributed by atoms with E-state index in [1.807, 2.05) is 6.07 Å². The number of hydrogen-bond acceptors (Lipinski definition) is 10. The standard InChI is InChI=1S/C23H20N6O7S/c1-35-17-9-14(7-8-16(17)36-20(31)10-18-21(32)26-22(33)37-18)11-24-27-19(30)12-29-23(34)28(13-25-29)15-5-3-2-4-6-15/h2-9,11,13,18H,10,12H2,1H3,(H,27,30)(H,26,32,33)/b24-11-/t18-/m0/s1. The molecule has 1 saturated heterocycles. The number of nitrogens with zero attached hydrogens (tertiary/aromatic N) is 4. The number of hydrazone groups is 1. The lowest BCUT2D eigenvalue weighted by molar-refractivity contribution is -0.136. The van der Waals surface area contributed by atoms with Crippen LogP contribution in [0, 0.1) is 0 Å². The number of carbonyl (C=O) groups is 4. The molecule has 2 N–H and O–H groups in total. The molecule has 0 spiro atoms. The summed E-state index contributed by atoms with van der Waals surface area (Å²) in [4.78, 5) is 59.7. The molecule has 0 unspecified atom stereocenters. The minimum atomic E-state index is -0.844. The van der Waals surface area contributed by atoms with Crippen LogP contribution < -0.4 is 25.9 Å². The Bertz CT molecular complexity index is 1430. The summed E-state index contributed by atoms with van der Waals surface area (Å²) in [6.45, 7) is -0.336. The molecule has 0 radical (unpaired) electrons. The van der Waals surface area contributed by atoms with E-state index in [0.29, 0.717) is 11.3 Å². The molecule has 1 atom stereocenters. The Labute approximate surface area is 213 Å². The lowest BCUT2D eigenvalue weighted by Gasteiger charge is -2.10. The van der Waals surface area contributed by atoms with Crippen LogP contribution in [0.4, 0.5) is 4.79 Å². The summed E-state index contributed by atoms with van der Waals surface area (Å²) in [6, 6.07) is 13.4. The SMILES string of the molecule is COc1cc(/C=N\NC(=O)Cn2ncn(-c3ccccc3)c2=O)ccc1OC(=O)C[C@@H]1SC(=O)NC1=O. The number of rotatable bonds is 9. The molecule has 0 bridgehead atoms. The van der Waals surface area contributed by atoms with Crippen LogP contribution in [0.25, 0.3) is 5.69 Å². The number of imide groups is 1. The van der Waals surface area contributed by atoms with Gasteiger partial charge in [0, 0.05) is 0 Å². The summed E-state index contributed by atoms with van der Waals surface area (Å²) < 4.78 is 12.8. The Morgan fingerprint density at radius 3 is 2.65 bits per heavy atom. The highest BCUT2D eigenvalue weighted by Crippen LogP contribution is 2.29. The Morgan fingerprint density at radius 2 is 1.95 bits per heavy atom. The lowest BCUT2D eigenvalue weighted by atomic mass is 10.2. The highest BCUT2D eigenvalue weighted by molar-refractivity contribution is 8.15. The van der Waals surface area contributed by atoms with Crippen LogP contribution in [0.5, 0.6) is 11.5 Å². The number of nitrogens with one attached hydrogen (secondary N) is 2. The number of para-hydroxylation sites is 1. The summed E-state index contributed by atoms with van der Waals surface area (Å²) in [5, 5.41) is 8.57. The smallest absolute Gasteiger partial charge is 0.350 e. The van der Waals surface area contributed by atoms with Crippen LogP contribution in [-0.4, -0.2) is 55.9 Å². The van der Waals surface area contributed by atoms with E-state index in [1.54, 1.807) is 30.3 Å². The van der Waals surface area contributed by atoms with E-state index >= 15 is 0 Å². The Morgan fingerprint density at radius 1 is 1.16 bits per heavy atom. The molecule has 0 saturated carbocycles. The largest absolute Gasteiger partial charge is 0.493 e. The van der Waals surface area contributed by atoms with Gasteiger partial charge in [0.05, 0.1) is 25.4 Å². The van der Waals surface area contributed by atoms with Gasteiger partial charge >= 0.3 is 11.7 Å². The van der Waals surface area contributed by atoms with Crippen molar-refractivity contribution in [2.45, 2.75) is 18.2 Å². The molecule has 4 rings (SSSR count). The van der Waals surface area contributed by atoms with E-state index < -0.39 is 34.0 Å². The Balaban J connectivity index is 1.33. The maximum atomic E-state index is 12.5. The van der Waals surface area contributed by atoms with E-state index in [-0.39, 0.29) is 24.5 Å². The fraction of sp³-hybridized carbons (Fsp3) is 0.174. The van der Waals surface area contributed by atoms with Crippen molar-refractivity contribution in [3.8, 4) is 17.2 Å². The molecular weight excluding hydrogens is 504 g/mol. The zero-order valence-electron chi connectivity index (χ0n) is 19.3. The minimum absolute atomic E-state index is 0.108. The number of amides is 3. The molecular formula is C23H20N6O7S. The number of hydrogen-bond donors (Lipinski definition) is 2. The number of methoxy groups -OCH3 is 1. The van der Waals surface area contributed by atoms with Crippen LogP contribution in [0.3, 0.4) is 0 Å². The molecule has 13 nitrogen and oxygen atoms in total. The number of thioether (sulfide) groups is 1. The molecule has 2 heterocycles. The van der Waals surface area contributed by atoms with Crippen LogP contribution >= 0.6 is 11.8 Å². The van der Waals surface area contributed by atoms with Gasteiger partial charge in [0.1, 0.15) is 18.1 Å². The van der Waals surface area contributed by atoms with Gasteiger partial charge in [0.25, 0.3) is 11.1 Å². The summed E-state index contributed by atoms with van der Waals surface area (Å²) in [5.41, 5.74) is 2.98. The van der Waals surface area contributed by atoms with E-state index in [4.69, 9.17) is 9.47 Å². The second-order valence-corrected chi connectivity index (χ2v) is 8.72. The first-order valence-corrected chi connectivity index (χ1v) is 11.6. The molecule has 3 amide bonds. The number of ether oxygens (including phenoxy) is 2. The topological polar surface area (TPSA) is 163 Å². The van der Waals surface area contributed by atoms with Crippen molar-refractivity contribution >= 4 is 41.0 Å². The molecule has 14 heteroatoms. The molecule has 1 aliphatic rings. The van der Waals surface area contributed by atoms with Crippen molar-refractivity contribution in [1.29, 1.82) is 0 Å². The average Bonchev–Trinajstić information content (AvgIpc) is 3.40. The number of carbonyl (C=O) groups excluding carboxylic acids is 4. The molecule has 2 aromatic carbocycles. The first-order valence-electron chi connectivity index (χ1n) is 10.8. The van der Waals surface area contributed by atoms with E-state index in [2.05, 4.69) is 20.9 Å². The first-order chi connectivity index (χ1) is 17.8. The Kier molecular flexibility index (Phi) is 7.78. The summed E-state index contributed by atoms with van der Waals surface area (Å²) in [7, 11) is 1.38. The van der Waals surface area contributed by atoms with Gasteiger partial charge in [-0.25, -0.2) is 19.5 Å². The molecule has 37 heavy (non-hydrogen) atoms. The maximum Gasteiger partial charge on any atom is 0.350 e. The van der Waals surface area contributed by atoms with Gasteiger partial charge in [-0.05, 0) is 35.9 Å². The third-order valence-electron chi connectivity index (χ3n) is 4.99. The molecule has 190 valence electrons. The van der Waals surface area contributed by atoms with Crippen molar-refractivity contribution in [3.05, 3.63) is 70.9 Å². The molecule has 3 aromatic rings. The highest BCUT2D eigenvalue weighted by atomic mass is 32.2. The monoisotopic (exact) mass is 524 g/mol. The van der Waals surface area contributed by atoms with Crippen molar-refractivity contribution < 1.29 is 28.7 Å². The van der Waals surface area contributed by atoms with E-state index in [0.717, 1.165) is 16.4 Å². The summed E-state index contributed by atoms with van der Waals surface area (Å²) >= 11 is 0.730. The van der Waals surface area contributed by atoms with Gasteiger partial charge in [0.15, 0.2) is 11.5 Å². The van der Waals surface area contributed by atoms with Gasteiger partial charge in [0.2, 0.25) is 5.91 Å². The summed E-state index contributed by atoms with van der Waals surface area (Å²) in [6.07, 6.45) is 2.38. The Hall–Kier alpha value is -4.72. The third kappa shape index (κ3) is 6.29. The van der Waals surface area contributed by atoms with Crippen LogP contribution in [-0.2, 0) is 20.9 Å². The number of esters is 1. The van der Waals surface area contributed by atoms with Gasteiger partial charge in [-0.2, -0.15) is 10.2 Å². The maximum absolute atomic E-state index is 12.5. The third-order valence-corrected chi connectivity index (χ3v) is 5.98. The predicted molar refractivity (Wildman–Crippen MR) is 132 cm³/mol. The molecule has 1 aliphatic heterocycles. The zero-order valence-corrected chi connectivity index (χ0v) is 20.1. The van der Waals surface area contributed by atoms with Crippen molar-refractivity contribution in [3.63, 3.8) is 0 Å². The van der Waals surface area contributed by atoms with Crippen LogP contribution in [0.15, 0.2) is 64.8 Å². The fourth-order valence-corrected chi connectivity index (χ4v) is 4.06. The number of aromatic nitrogens is 3. The van der Waals surface area contributed by atoms with Gasteiger partial charge < -0.3 is 9.47 Å². The van der Waals surface area contributed by atoms with Crippen molar-refractivity contribution in [1.82, 2.24) is 25.1 Å². The zero-order chi connectivity index (χ0) is 26.4. The fourth-order valence-electron chi connectivity index (χ4n) is 3.25. The lowest BCUT2D eigenvalue weighted by Crippen LogP contribution is -2.31. The average molecular weight is 525 g/mol. The molecule has 1 aromatic heterocycles. The number of benzene rings is 2. The normalized spacial score (nSPS) is 15.0. The summed E-state index contributed by atoms with van der Waals surface area (Å²) in [5.74, 6) is -1.50. The molecule has 0 aliphatic carbocycles. The van der Waals surface area contributed by atoms with Gasteiger partial charge in [-0.3, -0.25) is 24.5 Å². The van der Waals surface area contributed by atoms with Gasteiger partial charge in [-0.1, -0.05) is 30.0 Å². The first kappa shape index (κ1) is 25.4. The molecule has 1 fully saturated rings. The predicted octanol–water partition coefficient (Wildman–Crippen LogP) is 0.840. The second kappa shape index (κ2) is 11.3.